The molecule has 0 aromatic carbocycles. The van der Waals surface area contributed by atoms with E-state index in [4.69, 9.17) is 0 Å². The van der Waals surface area contributed by atoms with Crippen LogP contribution in [0.15, 0.2) is 0 Å². The first-order valence-corrected chi connectivity index (χ1v) is 5.10. The van der Waals surface area contributed by atoms with Crippen LogP contribution in [0.1, 0.15) is 32.6 Å². The van der Waals surface area contributed by atoms with Crippen molar-refractivity contribution < 1.29 is 14.3 Å². The van der Waals surface area contributed by atoms with Crippen LogP contribution in [0.2, 0.25) is 0 Å². The molecule has 0 aliphatic heterocycles. The van der Waals surface area contributed by atoms with E-state index < -0.39 is 8.03 Å². The zero-order valence-electron chi connectivity index (χ0n) is 6.71. The smallest absolute Gasteiger partial charge is 0.308 e. The molecule has 0 aromatic rings. The first-order valence-electron chi connectivity index (χ1n) is 3.74. The molecule has 1 atom stereocenters. The molecule has 11 heavy (non-hydrogen) atoms. The van der Waals surface area contributed by atoms with Gasteiger partial charge in [0.05, 0.1) is 0 Å². The van der Waals surface area contributed by atoms with Gasteiger partial charge in [0.25, 0.3) is 0 Å². The highest BCUT2D eigenvalue weighted by Crippen LogP contribution is 2.11. The number of rotatable bonds is 6. The number of unbranched alkanes of at least 4 members (excludes halogenated alkanes) is 2. The first-order chi connectivity index (χ1) is 5.13. The van der Waals surface area contributed by atoms with Gasteiger partial charge in [0.15, 0.2) is 0 Å². The Kier molecular flexibility index (Phi) is 6.28. The van der Waals surface area contributed by atoms with Crippen molar-refractivity contribution in [1.29, 1.82) is 0 Å². The second-order valence-electron chi connectivity index (χ2n) is 2.57. The molecule has 64 valence electrons. The van der Waals surface area contributed by atoms with Crippen LogP contribution in [0.25, 0.3) is 0 Å². The fraction of sp³-hybridized carbons (Fsp3) is 0.857. The molecule has 0 spiro atoms. The van der Waals surface area contributed by atoms with Gasteiger partial charge < -0.3 is 9.69 Å². The summed E-state index contributed by atoms with van der Waals surface area (Å²) in [5, 5.41) is 0. The van der Waals surface area contributed by atoms with E-state index in [2.05, 4.69) is 0 Å². The summed E-state index contributed by atoms with van der Waals surface area (Å²) in [4.78, 5) is 20.5. The number of ketones is 1. The van der Waals surface area contributed by atoms with Gasteiger partial charge in [0.1, 0.15) is 11.9 Å². The van der Waals surface area contributed by atoms with Crippen molar-refractivity contribution in [2.45, 2.75) is 32.6 Å². The van der Waals surface area contributed by atoms with Crippen molar-refractivity contribution in [3.63, 3.8) is 0 Å². The summed E-state index contributed by atoms with van der Waals surface area (Å²) < 4.78 is 10.1. The molecular weight excluding hydrogens is 163 g/mol. The van der Waals surface area contributed by atoms with Crippen molar-refractivity contribution in [2.75, 3.05) is 6.16 Å². The Hall–Kier alpha value is -0.270. The molecule has 0 aliphatic carbocycles. The maximum atomic E-state index is 10.4. The Morgan fingerprint density at radius 2 is 2.00 bits per heavy atom. The molecule has 0 N–H and O–H groups in total. The molecule has 0 aliphatic rings. The normalized spacial score (nSPS) is 11.3. The van der Waals surface area contributed by atoms with Crippen molar-refractivity contribution in [3.05, 3.63) is 0 Å². The van der Waals surface area contributed by atoms with Gasteiger partial charge in [0, 0.05) is 6.42 Å². The van der Waals surface area contributed by atoms with Crippen LogP contribution in [-0.2, 0) is 9.36 Å². The fourth-order valence-corrected chi connectivity index (χ4v) is 1.27. The summed E-state index contributed by atoms with van der Waals surface area (Å²) >= 11 is 0. The quantitative estimate of drug-likeness (QED) is 0.452. The van der Waals surface area contributed by atoms with Gasteiger partial charge >= 0.3 is 8.03 Å². The lowest BCUT2D eigenvalue weighted by atomic mass is 10.2. The van der Waals surface area contributed by atoms with E-state index in [-0.39, 0.29) is 11.9 Å². The minimum Gasteiger partial charge on any atom is -0.596 e. The lowest BCUT2D eigenvalue weighted by molar-refractivity contribution is -0.164. The van der Waals surface area contributed by atoms with E-state index >= 15 is 0 Å². The molecule has 0 amide bonds. The largest absolute Gasteiger partial charge is 0.596 e. The number of Topliss-reactive ketones (excluding diaryl/α,β-unsaturated/α-hetero) is 1. The Balaban J connectivity index is 3.03. The minimum atomic E-state index is -2.22. The highest BCUT2D eigenvalue weighted by molar-refractivity contribution is 7.36. The Morgan fingerprint density at radius 1 is 1.36 bits per heavy atom. The zero-order valence-corrected chi connectivity index (χ0v) is 7.60. The van der Waals surface area contributed by atoms with E-state index in [1.165, 1.54) is 0 Å². The van der Waals surface area contributed by atoms with E-state index in [1.807, 2.05) is 0 Å². The van der Waals surface area contributed by atoms with Crippen LogP contribution in [0.3, 0.4) is 0 Å². The van der Waals surface area contributed by atoms with Crippen LogP contribution >= 0.6 is 8.03 Å². The summed E-state index contributed by atoms with van der Waals surface area (Å²) in [7, 11) is -2.22. The number of carbonyl (C=O) groups is 1. The van der Waals surface area contributed by atoms with Crippen molar-refractivity contribution in [3.8, 4) is 0 Å². The molecule has 0 radical (unpaired) electrons. The van der Waals surface area contributed by atoms with Crippen LogP contribution in [-0.4, -0.2) is 11.9 Å². The molecule has 0 bridgehead atoms. The summed E-state index contributed by atoms with van der Waals surface area (Å²) in [5.41, 5.74) is 0. The monoisotopic (exact) mass is 176 g/mol. The Labute approximate surface area is 67.7 Å². The third-order valence-electron chi connectivity index (χ3n) is 1.37. The molecule has 0 saturated carbocycles. The van der Waals surface area contributed by atoms with Gasteiger partial charge in [-0.05, 0) is 26.2 Å². The van der Waals surface area contributed by atoms with Gasteiger partial charge in [-0.3, -0.25) is 0 Å². The van der Waals surface area contributed by atoms with Gasteiger partial charge in [-0.1, -0.05) is 4.57 Å². The fourth-order valence-electron chi connectivity index (χ4n) is 0.792. The van der Waals surface area contributed by atoms with Crippen LogP contribution in [0.5, 0.6) is 0 Å². The van der Waals surface area contributed by atoms with E-state index in [9.17, 15) is 14.3 Å². The molecule has 0 rings (SSSR count). The van der Waals surface area contributed by atoms with Gasteiger partial charge in [0.2, 0.25) is 0 Å². The van der Waals surface area contributed by atoms with Crippen molar-refractivity contribution >= 4 is 13.8 Å². The second-order valence-corrected chi connectivity index (χ2v) is 3.68. The van der Waals surface area contributed by atoms with Crippen molar-refractivity contribution in [2.24, 2.45) is 0 Å². The number of hydrogen-bond acceptors (Lipinski definition) is 3. The molecule has 3 nitrogen and oxygen atoms in total. The van der Waals surface area contributed by atoms with E-state index in [0.29, 0.717) is 12.8 Å². The molecule has 1 unspecified atom stereocenters. The highest BCUT2D eigenvalue weighted by Gasteiger charge is 1.99. The van der Waals surface area contributed by atoms with Crippen LogP contribution in [0, 0.1) is 0 Å². The number of hydrogen-bond donors (Lipinski definition) is 0. The predicted octanol–water partition coefficient (Wildman–Crippen LogP) is 1.24. The lowest BCUT2D eigenvalue weighted by Crippen LogP contribution is -1.93. The molecule has 4 heteroatoms. The highest BCUT2D eigenvalue weighted by atomic mass is 31.1. The van der Waals surface area contributed by atoms with E-state index in [0.717, 1.165) is 12.8 Å². The summed E-state index contributed by atoms with van der Waals surface area (Å²) in [6.07, 6.45) is 3.18. The first kappa shape index (κ1) is 10.7. The lowest BCUT2D eigenvalue weighted by Gasteiger charge is -1.93. The average Bonchev–Trinajstić information content (AvgIpc) is 1.85. The third kappa shape index (κ3) is 9.73. The minimum absolute atomic E-state index is 0.177. The zero-order chi connectivity index (χ0) is 8.69. The van der Waals surface area contributed by atoms with Crippen LogP contribution < -0.4 is 4.89 Å². The van der Waals surface area contributed by atoms with Crippen LogP contribution in [0.4, 0.5) is 0 Å². The predicted molar refractivity (Wildman–Crippen MR) is 41.6 cm³/mol. The SMILES string of the molecule is CC(=O)CCCCC[P+](=O)[O-]. The molecule has 0 saturated heterocycles. The maximum Gasteiger partial charge on any atom is 0.308 e. The topological polar surface area (TPSA) is 57.2 Å². The molecule has 0 fully saturated rings. The van der Waals surface area contributed by atoms with Crippen molar-refractivity contribution in [1.82, 2.24) is 0 Å². The standard InChI is InChI=1S/C7H13O3P/c1-7(8)5-3-2-4-6-11(9)10/h2-6H2,1H3. The average molecular weight is 176 g/mol. The van der Waals surface area contributed by atoms with Gasteiger partial charge in [-0.25, -0.2) is 0 Å². The summed E-state index contributed by atoms with van der Waals surface area (Å²) in [6, 6.07) is 0. The third-order valence-corrected chi connectivity index (χ3v) is 2.05. The van der Waals surface area contributed by atoms with E-state index in [1.54, 1.807) is 6.92 Å². The molecule has 0 aromatic heterocycles. The second kappa shape index (κ2) is 6.44. The summed E-state index contributed by atoms with van der Waals surface area (Å²) in [5.74, 6) is 0.177. The Morgan fingerprint density at radius 3 is 2.45 bits per heavy atom. The summed E-state index contributed by atoms with van der Waals surface area (Å²) in [6.45, 7) is 1.55. The Bertz CT molecular complexity index is 129. The van der Waals surface area contributed by atoms with Gasteiger partial charge in [-0.2, -0.15) is 0 Å². The molecule has 0 heterocycles. The van der Waals surface area contributed by atoms with Gasteiger partial charge in [-0.15, -0.1) is 0 Å². The maximum absolute atomic E-state index is 10.4. The molecular formula is C7H13O3P. The number of carbonyl (C=O) groups excluding carboxylic acids is 1.